The van der Waals surface area contributed by atoms with Gasteiger partial charge in [-0.1, -0.05) is 0 Å². The van der Waals surface area contributed by atoms with E-state index in [1.165, 1.54) is 0 Å². The molecule has 0 aliphatic heterocycles. The van der Waals surface area contributed by atoms with Crippen molar-refractivity contribution in [2.75, 3.05) is 5.73 Å². The lowest BCUT2D eigenvalue weighted by atomic mass is 9.99. The molecule has 0 unspecified atom stereocenters. The van der Waals surface area contributed by atoms with E-state index in [-0.39, 0.29) is 11.3 Å². The molecular formula is C10H7F3N2O. The maximum absolute atomic E-state index is 12.6. The van der Waals surface area contributed by atoms with Gasteiger partial charge in [0.15, 0.2) is 5.78 Å². The molecular weight excluding hydrogens is 221 g/mol. The number of Topliss-reactive ketones (excluding diaryl/α,β-unsaturated/α-hetero) is 1. The van der Waals surface area contributed by atoms with Crippen LogP contribution in [0.2, 0.25) is 0 Å². The molecule has 0 spiro atoms. The van der Waals surface area contributed by atoms with Gasteiger partial charge in [-0.3, -0.25) is 4.79 Å². The van der Waals surface area contributed by atoms with Gasteiger partial charge in [-0.25, -0.2) is 0 Å². The first-order valence-corrected chi connectivity index (χ1v) is 4.19. The quantitative estimate of drug-likeness (QED) is 0.592. The van der Waals surface area contributed by atoms with Gasteiger partial charge in [0.1, 0.15) is 0 Å². The van der Waals surface area contributed by atoms with Crippen LogP contribution in [0, 0.1) is 11.3 Å². The van der Waals surface area contributed by atoms with Crippen LogP contribution in [-0.2, 0) is 6.18 Å². The molecule has 0 saturated heterocycles. The summed E-state index contributed by atoms with van der Waals surface area (Å²) < 4.78 is 37.8. The number of carbonyl (C=O) groups is 1. The molecule has 0 heterocycles. The van der Waals surface area contributed by atoms with Crippen molar-refractivity contribution in [2.45, 2.75) is 13.1 Å². The third-order valence-corrected chi connectivity index (χ3v) is 1.96. The molecule has 84 valence electrons. The maximum atomic E-state index is 12.6. The van der Waals surface area contributed by atoms with Gasteiger partial charge in [-0.15, -0.1) is 0 Å². The summed E-state index contributed by atoms with van der Waals surface area (Å²) in [5, 5.41) is 8.52. The van der Waals surface area contributed by atoms with Crippen LogP contribution in [0.5, 0.6) is 0 Å². The Bertz CT molecular complexity index is 486. The fraction of sp³-hybridized carbons (Fsp3) is 0.200. The summed E-state index contributed by atoms with van der Waals surface area (Å²) in [6.45, 7) is 0.993. The fourth-order valence-electron chi connectivity index (χ4n) is 1.35. The van der Waals surface area contributed by atoms with E-state index in [2.05, 4.69) is 0 Å². The molecule has 0 bridgehead atoms. The Labute approximate surface area is 89.3 Å². The van der Waals surface area contributed by atoms with E-state index in [9.17, 15) is 18.0 Å². The Morgan fingerprint density at radius 1 is 1.44 bits per heavy atom. The number of nitrogens with two attached hydrogens (primary N) is 1. The van der Waals surface area contributed by atoms with E-state index in [0.717, 1.165) is 13.0 Å². The second kappa shape index (κ2) is 3.85. The van der Waals surface area contributed by atoms with Crippen LogP contribution < -0.4 is 5.73 Å². The van der Waals surface area contributed by atoms with Crippen LogP contribution in [0.25, 0.3) is 0 Å². The first kappa shape index (κ1) is 12.0. The van der Waals surface area contributed by atoms with Crippen molar-refractivity contribution in [3.8, 4) is 6.07 Å². The minimum Gasteiger partial charge on any atom is -0.398 e. The predicted octanol–water partition coefficient (Wildman–Crippen LogP) is 2.36. The molecule has 1 aromatic rings. The summed E-state index contributed by atoms with van der Waals surface area (Å²) in [6, 6.07) is 3.22. The number of alkyl halides is 3. The van der Waals surface area contributed by atoms with Crippen molar-refractivity contribution in [1.82, 2.24) is 0 Å². The molecule has 0 aliphatic carbocycles. The molecule has 1 aromatic carbocycles. The zero-order valence-corrected chi connectivity index (χ0v) is 8.22. The molecule has 0 amide bonds. The SMILES string of the molecule is CC(=O)c1c(N)cc(C#N)cc1C(F)(F)F. The zero-order chi connectivity index (χ0) is 12.5. The van der Waals surface area contributed by atoms with Crippen molar-refractivity contribution in [1.29, 1.82) is 5.26 Å². The number of ketones is 1. The monoisotopic (exact) mass is 228 g/mol. The number of carbonyl (C=O) groups excluding carboxylic acids is 1. The molecule has 0 fully saturated rings. The van der Waals surface area contributed by atoms with Gasteiger partial charge in [-0.2, -0.15) is 18.4 Å². The molecule has 0 atom stereocenters. The molecule has 0 aromatic heterocycles. The predicted molar refractivity (Wildman–Crippen MR) is 50.6 cm³/mol. The second-order valence-corrected chi connectivity index (χ2v) is 3.15. The van der Waals surface area contributed by atoms with E-state index >= 15 is 0 Å². The molecule has 6 heteroatoms. The summed E-state index contributed by atoms with van der Waals surface area (Å²) in [7, 11) is 0. The van der Waals surface area contributed by atoms with Crippen LogP contribution in [0.4, 0.5) is 18.9 Å². The van der Waals surface area contributed by atoms with Crippen molar-refractivity contribution in [3.63, 3.8) is 0 Å². The second-order valence-electron chi connectivity index (χ2n) is 3.15. The fourth-order valence-corrected chi connectivity index (χ4v) is 1.35. The highest BCUT2D eigenvalue weighted by Crippen LogP contribution is 2.35. The molecule has 0 saturated carbocycles. The highest BCUT2D eigenvalue weighted by atomic mass is 19.4. The van der Waals surface area contributed by atoms with Crippen molar-refractivity contribution in [2.24, 2.45) is 0 Å². The molecule has 0 aliphatic rings. The summed E-state index contributed by atoms with van der Waals surface area (Å²) >= 11 is 0. The standard InChI is InChI=1S/C10H7F3N2O/c1-5(16)9-7(10(11,12)13)2-6(4-14)3-8(9)15/h2-3H,15H2,1H3. The Morgan fingerprint density at radius 3 is 2.38 bits per heavy atom. The number of nitrogen functional groups attached to an aromatic ring is 1. The van der Waals surface area contributed by atoms with Crippen molar-refractivity contribution < 1.29 is 18.0 Å². The number of nitriles is 1. The van der Waals surface area contributed by atoms with Gasteiger partial charge in [0.05, 0.1) is 22.8 Å². The maximum Gasteiger partial charge on any atom is 0.417 e. The average molecular weight is 228 g/mol. The Hall–Kier alpha value is -2.03. The first-order valence-electron chi connectivity index (χ1n) is 4.19. The third-order valence-electron chi connectivity index (χ3n) is 1.96. The number of halogens is 3. The van der Waals surface area contributed by atoms with Gasteiger partial charge in [0.2, 0.25) is 0 Å². The van der Waals surface area contributed by atoms with Gasteiger partial charge in [-0.05, 0) is 19.1 Å². The van der Waals surface area contributed by atoms with Crippen LogP contribution in [0.3, 0.4) is 0 Å². The van der Waals surface area contributed by atoms with E-state index in [1.807, 2.05) is 0 Å². The molecule has 1 rings (SSSR count). The lowest BCUT2D eigenvalue weighted by Gasteiger charge is -2.13. The third kappa shape index (κ3) is 2.14. The molecule has 2 N–H and O–H groups in total. The number of nitrogens with zero attached hydrogens (tertiary/aromatic N) is 1. The van der Waals surface area contributed by atoms with Crippen LogP contribution in [-0.4, -0.2) is 5.78 Å². The smallest absolute Gasteiger partial charge is 0.398 e. The number of anilines is 1. The number of hydrogen-bond donors (Lipinski definition) is 1. The Kier molecular flexibility index (Phi) is 2.90. The van der Waals surface area contributed by atoms with Gasteiger partial charge in [0.25, 0.3) is 0 Å². The first-order chi connectivity index (χ1) is 7.27. The van der Waals surface area contributed by atoms with Crippen LogP contribution in [0.15, 0.2) is 12.1 Å². The van der Waals surface area contributed by atoms with E-state index < -0.39 is 23.1 Å². The van der Waals surface area contributed by atoms with Gasteiger partial charge >= 0.3 is 6.18 Å². The lowest BCUT2D eigenvalue weighted by molar-refractivity contribution is -0.137. The van der Waals surface area contributed by atoms with E-state index in [0.29, 0.717) is 6.07 Å². The minimum atomic E-state index is -4.71. The number of hydrogen-bond acceptors (Lipinski definition) is 3. The van der Waals surface area contributed by atoms with Gasteiger partial charge < -0.3 is 5.73 Å². The Morgan fingerprint density at radius 2 is 2.00 bits per heavy atom. The summed E-state index contributed by atoms with van der Waals surface area (Å²) in [6.07, 6.45) is -4.71. The lowest BCUT2D eigenvalue weighted by Crippen LogP contribution is -2.14. The molecule has 3 nitrogen and oxygen atoms in total. The number of benzene rings is 1. The highest BCUT2D eigenvalue weighted by Gasteiger charge is 2.36. The van der Waals surface area contributed by atoms with Crippen molar-refractivity contribution in [3.05, 3.63) is 28.8 Å². The van der Waals surface area contributed by atoms with Crippen molar-refractivity contribution >= 4 is 11.5 Å². The topological polar surface area (TPSA) is 66.9 Å². The van der Waals surface area contributed by atoms with E-state index in [1.54, 1.807) is 6.07 Å². The average Bonchev–Trinajstić information content (AvgIpc) is 2.14. The van der Waals surface area contributed by atoms with E-state index in [4.69, 9.17) is 11.0 Å². The molecule has 0 radical (unpaired) electrons. The largest absolute Gasteiger partial charge is 0.417 e. The summed E-state index contributed by atoms with van der Waals surface area (Å²) in [4.78, 5) is 11.1. The molecule has 16 heavy (non-hydrogen) atoms. The zero-order valence-electron chi connectivity index (χ0n) is 8.22. The summed E-state index contributed by atoms with van der Waals surface area (Å²) in [5.74, 6) is -0.783. The number of rotatable bonds is 1. The highest BCUT2D eigenvalue weighted by molar-refractivity contribution is 6.01. The summed E-state index contributed by atoms with van der Waals surface area (Å²) in [5.41, 5.74) is 3.00. The van der Waals surface area contributed by atoms with Crippen LogP contribution in [0.1, 0.15) is 28.4 Å². The Balaban J connectivity index is 3.61. The normalized spacial score (nSPS) is 10.9. The van der Waals surface area contributed by atoms with Gasteiger partial charge in [0, 0.05) is 5.69 Å². The minimum absolute atomic E-state index is 0.227. The van der Waals surface area contributed by atoms with Crippen LogP contribution >= 0.6 is 0 Å².